The van der Waals surface area contributed by atoms with Crippen LogP contribution in [0.3, 0.4) is 0 Å². The number of hydrogen-bond acceptors (Lipinski definition) is 3. The lowest BCUT2D eigenvalue weighted by molar-refractivity contribution is -0.118. The minimum absolute atomic E-state index is 0.0361. The fourth-order valence-electron chi connectivity index (χ4n) is 1.78. The van der Waals surface area contributed by atoms with Crippen molar-refractivity contribution in [2.75, 3.05) is 19.0 Å². The zero-order valence-corrected chi connectivity index (χ0v) is 12.9. The second-order valence-electron chi connectivity index (χ2n) is 4.48. The summed E-state index contributed by atoms with van der Waals surface area (Å²) < 4.78 is 62.5. The lowest BCUT2D eigenvalue weighted by Gasteiger charge is -2.12. The molecule has 0 aliphatic carbocycles. The fourth-order valence-corrected chi connectivity index (χ4v) is 1.95. The highest BCUT2D eigenvalue weighted by molar-refractivity contribution is 6.31. The lowest BCUT2D eigenvalue weighted by Crippen LogP contribution is -2.21. The molecule has 2 rings (SSSR count). The largest absolute Gasteiger partial charge is 0.495 e. The van der Waals surface area contributed by atoms with Crippen LogP contribution in [0, 0.1) is 23.3 Å². The van der Waals surface area contributed by atoms with E-state index in [1.807, 2.05) is 0 Å². The van der Waals surface area contributed by atoms with Gasteiger partial charge >= 0.3 is 0 Å². The number of ether oxygens (including phenoxy) is 2. The summed E-state index contributed by atoms with van der Waals surface area (Å²) in [6, 6.07) is 4.42. The van der Waals surface area contributed by atoms with Crippen molar-refractivity contribution in [1.82, 2.24) is 0 Å². The molecule has 4 nitrogen and oxygen atoms in total. The predicted molar refractivity (Wildman–Crippen MR) is 78.4 cm³/mol. The average Bonchev–Trinajstić information content (AvgIpc) is 2.53. The third kappa shape index (κ3) is 3.88. The quantitative estimate of drug-likeness (QED) is 0.647. The van der Waals surface area contributed by atoms with Crippen molar-refractivity contribution in [3.8, 4) is 11.5 Å². The van der Waals surface area contributed by atoms with E-state index in [0.29, 0.717) is 5.02 Å². The maximum Gasteiger partial charge on any atom is 0.262 e. The van der Waals surface area contributed by atoms with Crippen LogP contribution in [0.15, 0.2) is 24.3 Å². The topological polar surface area (TPSA) is 47.6 Å². The number of rotatable bonds is 5. The van der Waals surface area contributed by atoms with E-state index in [9.17, 15) is 22.4 Å². The third-order valence-electron chi connectivity index (χ3n) is 2.85. The normalized spacial score (nSPS) is 10.4. The zero-order chi connectivity index (χ0) is 17.9. The Morgan fingerprint density at radius 2 is 1.75 bits per heavy atom. The van der Waals surface area contributed by atoms with Gasteiger partial charge < -0.3 is 14.8 Å². The van der Waals surface area contributed by atoms with Gasteiger partial charge in [0, 0.05) is 11.1 Å². The van der Waals surface area contributed by atoms with Gasteiger partial charge in [-0.05, 0) is 18.2 Å². The molecule has 0 heterocycles. The van der Waals surface area contributed by atoms with Gasteiger partial charge in [-0.25, -0.2) is 8.78 Å². The number of nitrogens with one attached hydrogen (secondary N) is 1. The Kier molecular flexibility index (Phi) is 5.50. The minimum Gasteiger partial charge on any atom is -0.495 e. The predicted octanol–water partition coefficient (Wildman–Crippen LogP) is 3.92. The molecule has 0 unspecified atom stereocenters. The molecule has 24 heavy (non-hydrogen) atoms. The molecular weight excluding hydrogens is 354 g/mol. The first-order valence-electron chi connectivity index (χ1n) is 6.42. The summed E-state index contributed by atoms with van der Waals surface area (Å²) in [7, 11) is 1.36. The molecule has 0 atom stereocenters. The molecule has 0 saturated heterocycles. The summed E-state index contributed by atoms with van der Waals surface area (Å²) in [5, 5.41) is 2.64. The van der Waals surface area contributed by atoms with Crippen LogP contribution < -0.4 is 14.8 Å². The highest BCUT2D eigenvalue weighted by Crippen LogP contribution is 2.28. The molecule has 1 amide bonds. The Bertz CT molecular complexity index is 760. The van der Waals surface area contributed by atoms with E-state index in [1.54, 1.807) is 0 Å². The van der Waals surface area contributed by atoms with Crippen molar-refractivity contribution in [1.29, 1.82) is 0 Å². The average molecular weight is 364 g/mol. The highest BCUT2D eigenvalue weighted by Gasteiger charge is 2.21. The van der Waals surface area contributed by atoms with Crippen molar-refractivity contribution in [2.24, 2.45) is 0 Å². The van der Waals surface area contributed by atoms with E-state index < -0.39 is 41.5 Å². The molecule has 9 heteroatoms. The van der Waals surface area contributed by atoms with E-state index >= 15 is 0 Å². The molecule has 2 aromatic rings. The van der Waals surface area contributed by atoms with Crippen molar-refractivity contribution >= 4 is 23.2 Å². The number of carbonyl (C=O) groups excluding carboxylic acids is 1. The molecule has 128 valence electrons. The van der Waals surface area contributed by atoms with Gasteiger partial charge in [0.1, 0.15) is 5.75 Å². The van der Waals surface area contributed by atoms with Crippen LogP contribution in [0.25, 0.3) is 0 Å². The second-order valence-corrected chi connectivity index (χ2v) is 4.92. The molecule has 0 saturated carbocycles. The Labute approximate surface area is 138 Å². The highest BCUT2D eigenvalue weighted by atomic mass is 35.5. The first-order chi connectivity index (χ1) is 11.3. The van der Waals surface area contributed by atoms with Gasteiger partial charge in [0.25, 0.3) is 5.91 Å². The Morgan fingerprint density at radius 3 is 2.33 bits per heavy atom. The lowest BCUT2D eigenvalue weighted by atomic mass is 10.3. The molecule has 0 aliphatic heterocycles. The maximum absolute atomic E-state index is 13.4. The van der Waals surface area contributed by atoms with E-state index in [-0.39, 0.29) is 17.5 Å². The Hall–Kier alpha value is -2.48. The summed E-state index contributed by atoms with van der Waals surface area (Å²) >= 11 is 5.79. The van der Waals surface area contributed by atoms with Gasteiger partial charge in [-0.3, -0.25) is 4.79 Å². The van der Waals surface area contributed by atoms with Gasteiger partial charge in [-0.2, -0.15) is 8.78 Å². The molecule has 0 bridgehead atoms. The standard InChI is InChI=1S/C15H10ClF4NO3/c1-23-11-3-2-7(16)4-10(11)21-12(22)6-24-15-13(19)8(17)5-9(18)14(15)20/h2-5H,6H2,1H3,(H,21,22). The van der Waals surface area contributed by atoms with Crippen molar-refractivity contribution in [2.45, 2.75) is 0 Å². The summed E-state index contributed by atoms with van der Waals surface area (Å²) in [6.07, 6.45) is 0. The van der Waals surface area contributed by atoms with Gasteiger partial charge in [0.2, 0.25) is 11.6 Å². The number of amides is 1. The van der Waals surface area contributed by atoms with Crippen LogP contribution in [0.1, 0.15) is 0 Å². The Balaban J connectivity index is 2.11. The number of benzene rings is 2. The van der Waals surface area contributed by atoms with Crippen LogP contribution in [0.4, 0.5) is 23.2 Å². The summed E-state index contributed by atoms with van der Waals surface area (Å²) in [4.78, 5) is 11.8. The number of hydrogen-bond donors (Lipinski definition) is 1. The number of methoxy groups -OCH3 is 1. The van der Waals surface area contributed by atoms with Crippen LogP contribution in [0.5, 0.6) is 11.5 Å². The number of halogens is 5. The van der Waals surface area contributed by atoms with Gasteiger partial charge in [-0.1, -0.05) is 11.6 Å². The summed E-state index contributed by atoms with van der Waals surface area (Å²) in [6.45, 7) is -0.896. The smallest absolute Gasteiger partial charge is 0.262 e. The molecule has 0 radical (unpaired) electrons. The van der Waals surface area contributed by atoms with E-state index in [1.165, 1.54) is 25.3 Å². The number of anilines is 1. The van der Waals surface area contributed by atoms with Crippen molar-refractivity contribution < 1.29 is 31.8 Å². The maximum atomic E-state index is 13.4. The van der Waals surface area contributed by atoms with E-state index in [0.717, 1.165) is 0 Å². The molecule has 1 N–H and O–H groups in total. The van der Waals surface area contributed by atoms with Crippen molar-refractivity contribution in [3.63, 3.8) is 0 Å². The first-order valence-corrected chi connectivity index (χ1v) is 6.80. The summed E-state index contributed by atoms with van der Waals surface area (Å²) in [5.41, 5.74) is 0.185. The van der Waals surface area contributed by atoms with Crippen LogP contribution >= 0.6 is 11.6 Å². The zero-order valence-electron chi connectivity index (χ0n) is 12.1. The first kappa shape index (κ1) is 17.9. The van der Waals surface area contributed by atoms with Crippen LogP contribution in [-0.4, -0.2) is 19.6 Å². The van der Waals surface area contributed by atoms with Gasteiger partial charge in [0.15, 0.2) is 24.0 Å². The minimum atomic E-state index is -1.73. The van der Waals surface area contributed by atoms with E-state index in [2.05, 4.69) is 10.1 Å². The molecular formula is C15H10ClF4NO3. The van der Waals surface area contributed by atoms with Crippen LogP contribution in [-0.2, 0) is 4.79 Å². The molecule has 0 aromatic heterocycles. The van der Waals surface area contributed by atoms with Crippen LogP contribution in [0.2, 0.25) is 5.02 Å². The summed E-state index contributed by atoms with van der Waals surface area (Å²) in [5.74, 6) is -8.63. The molecule has 0 aliphatic rings. The molecule has 2 aromatic carbocycles. The molecule has 0 spiro atoms. The Morgan fingerprint density at radius 1 is 1.12 bits per heavy atom. The van der Waals surface area contributed by atoms with E-state index in [4.69, 9.17) is 16.3 Å². The fraction of sp³-hybridized carbons (Fsp3) is 0.133. The van der Waals surface area contributed by atoms with Gasteiger partial charge in [0.05, 0.1) is 12.8 Å². The molecule has 0 fully saturated rings. The monoisotopic (exact) mass is 363 g/mol. The number of carbonyl (C=O) groups is 1. The van der Waals surface area contributed by atoms with Gasteiger partial charge in [-0.15, -0.1) is 0 Å². The van der Waals surface area contributed by atoms with Crippen molar-refractivity contribution in [3.05, 3.63) is 52.6 Å². The SMILES string of the molecule is COc1ccc(Cl)cc1NC(=O)COc1c(F)c(F)cc(F)c1F. The second kappa shape index (κ2) is 7.39. The third-order valence-corrected chi connectivity index (χ3v) is 3.09.